The summed E-state index contributed by atoms with van der Waals surface area (Å²) < 4.78 is 11.0. The number of ether oxygens (including phenoxy) is 2. The lowest BCUT2D eigenvalue weighted by Crippen LogP contribution is -2.64. The van der Waals surface area contributed by atoms with E-state index in [1.54, 1.807) is 26.0 Å². The van der Waals surface area contributed by atoms with Crippen molar-refractivity contribution in [1.82, 2.24) is 0 Å². The van der Waals surface area contributed by atoms with Crippen molar-refractivity contribution in [3.63, 3.8) is 0 Å². The zero-order chi connectivity index (χ0) is 22.1. The van der Waals surface area contributed by atoms with Crippen LogP contribution in [0, 0.1) is 22.7 Å². The van der Waals surface area contributed by atoms with Gasteiger partial charge < -0.3 is 19.7 Å². The number of rotatable bonds is 6. The van der Waals surface area contributed by atoms with Gasteiger partial charge in [-0.2, -0.15) is 0 Å². The largest absolute Gasteiger partial charge is 0.462 e. The second kappa shape index (κ2) is 8.83. The van der Waals surface area contributed by atoms with E-state index < -0.39 is 23.6 Å². The molecule has 2 aliphatic carbocycles. The summed E-state index contributed by atoms with van der Waals surface area (Å²) in [7, 11) is 0. The van der Waals surface area contributed by atoms with Gasteiger partial charge in [0.2, 0.25) is 0 Å². The Bertz CT molecular complexity index is 727. The number of carbonyl (C=O) groups excluding carboxylic acids is 2. The van der Waals surface area contributed by atoms with Crippen LogP contribution in [-0.4, -0.2) is 47.1 Å². The number of allylic oxidation sites excluding steroid dienone is 1. The number of esters is 2. The molecule has 0 amide bonds. The van der Waals surface area contributed by atoms with Crippen molar-refractivity contribution in [2.75, 3.05) is 6.61 Å². The summed E-state index contributed by atoms with van der Waals surface area (Å²) in [6.45, 7) is 7.88. The van der Waals surface area contributed by atoms with Crippen molar-refractivity contribution in [3.05, 3.63) is 23.8 Å². The maximum absolute atomic E-state index is 12.3. The van der Waals surface area contributed by atoms with Crippen molar-refractivity contribution < 1.29 is 29.3 Å². The summed E-state index contributed by atoms with van der Waals surface area (Å²) in [6, 6.07) is 0. The van der Waals surface area contributed by atoms with Gasteiger partial charge in [-0.25, -0.2) is 9.59 Å². The SMILES string of the molecule is C/C=C(\C)C(=O)OC[C@]12C(O)CCC[C@@H]1[C@@](C)(CCC1C=CC(=O)O1)[C@H](C)CC2O. The molecule has 6 nitrogen and oxygen atoms in total. The zero-order valence-corrected chi connectivity index (χ0v) is 18.6. The van der Waals surface area contributed by atoms with Crippen molar-refractivity contribution in [1.29, 1.82) is 0 Å². The van der Waals surface area contributed by atoms with E-state index in [1.165, 1.54) is 6.08 Å². The maximum Gasteiger partial charge on any atom is 0.333 e. The molecule has 0 aromatic rings. The van der Waals surface area contributed by atoms with Crippen LogP contribution in [0.25, 0.3) is 0 Å². The topological polar surface area (TPSA) is 93.1 Å². The molecule has 2 fully saturated rings. The Labute approximate surface area is 179 Å². The molecule has 3 unspecified atom stereocenters. The van der Waals surface area contributed by atoms with E-state index in [4.69, 9.17) is 9.47 Å². The average Bonchev–Trinajstić information content (AvgIpc) is 3.14. The van der Waals surface area contributed by atoms with Crippen LogP contribution in [0.5, 0.6) is 0 Å². The van der Waals surface area contributed by atoms with E-state index in [2.05, 4.69) is 13.8 Å². The lowest BCUT2D eigenvalue weighted by atomic mass is 9.45. The van der Waals surface area contributed by atoms with E-state index in [9.17, 15) is 19.8 Å². The fraction of sp³-hybridized carbons (Fsp3) is 0.750. The molecule has 168 valence electrons. The highest BCUT2D eigenvalue weighted by molar-refractivity contribution is 5.87. The van der Waals surface area contributed by atoms with Crippen LogP contribution in [0.2, 0.25) is 0 Å². The Morgan fingerprint density at radius 3 is 2.70 bits per heavy atom. The van der Waals surface area contributed by atoms with E-state index in [0.717, 1.165) is 19.3 Å². The molecule has 1 aliphatic heterocycles. The van der Waals surface area contributed by atoms with Crippen LogP contribution in [0.1, 0.15) is 66.2 Å². The maximum atomic E-state index is 12.3. The van der Waals surface area contributed by atoms with Gasteiger partial charge in [0.05, 0.1) is 17.6 Å². The highest BCUT2D eigenvalue weighted by Crippen LogP contribution is 2.61. The van der Waals surface area contributed by atoms with Gasteiger partial charge >= 0.3 is 11.9 Å². The second-order valence-corrected chi connectivity index (χ2v) is 9.69. The van der Waals surface area contributed by atoms with E-state index in [-0.39, 0.29) is 35.9 Å². The number of carbonyl (C=O) groups is 2. The lowest BCUT2D eigenvalue weighted by Gasteiger charge is -2.62. The summed E-state index contributed by atoms with van der Waals surface area (Å²) in [5.74, 6) is -0.470. The molecule has 0 saturated heterocycles. The summed E-state index contributed by atoms with van der Waals surface area (Å²) in [5, 5.41) is 22.3. The van der Waals surface area contributed by atoms with Crippen LogP contribution in [-0.2, 0) is 19.1 Å². The summed E-state index contributed by atoms with van der Waals surface area (Å²) >= 11 is 0. The molecule has 2 N–H and O–H groups in total. The van der Waals surface area contributed by atoms with Gasteiger partial charge in [0.15, 0.2) is 0 Å². The minimum absolute atomic E-state index is 0.00676. The Hall–Kier alpha value is -1.66. The molecule has 3 aliphatic rings. The van der Waals surface area contributed by atoms with Crippen molar-refractivity contribution in [3.8, 4) is 0 Å². The number of cyclic esters (lactones) is 1. The van der Waals surface area contributed by atoms with Crippen LogP contribution >= 0.6 is 0 Å². The fourth-order valence-electron chi connectivity index (χ4n) is 6.01. The third-order valence-electron chi connectivity index (χ3n) is 8.25. The minimum Gasteiger partial charge on any atom is -0.462 e. The van der Waals surface area contributed by atoms with E-state index >= 15 is 0 Å². The Morgan fingerprint density at radius 1 is 1.33 bits per heavy atom. The smallest absolute Gasteiger partial charge is 0.333 e. The average molecular weight is 421 g/mol. The Morgan fingerprint density at radius 2 is 2.07 bits per heavy atom. The number of fused-ring (bicyclic) bond motifs is 1. The Balaban J connectivity index is 1.86. The van der Waals surface area contributed by atoms with Crippen LogP contribution in [0.15, 0.2) is 23.8 Å². The molecule has 0 bridgehead atoms. The normalized spacial score (nSPS) is 41.3. The first kappa shape index (κ1) is 23.0. The van der Waals surface area contributed by atoms with Gasteiger partial charge in [-0.15, -0.1) is 0 Å². The summed E-state index contributed by atoms with van der Waals surface area (Å²) in [4.78, 5) is 23.8. The van der Waals surface area contributed by atoms with Crippen molar-refractivity contribution in [2.24, 2.45) is 22.7 Å². The molecular weight excluding hydrogens is 384 g/mol. The molecule has 2 saturated carbocycles. The van der Waals surface area contributed by atoms with E-state index in [0.29, 0.717) is 24.8 Å². The van der Waals surface area contributed by atoms with Gasteiger partial charge in [0.25, 0.3) is 0 Å². The molecular formula is C24H36O6. The minimum atomic E-state index is -0.870. The third-order valence-corrected chi connectivity index (χ3v) is 8.25. The molecule has 30 heavy (non-hydrogen) atoms. The highest BCUT2D eigenvalue weighted by atomic mass is 16.5. The van der Waals surface area contributed by atoms with E-state index in [1.807, 2.05) is 0 Å². The molecule has 0 spiro atoms. The standard InChI is InChI=1S/C24H36O6/c1-5-15(2)22(28)29-14-24-18(7-6-8-19(24)25)23(4,16(3)13-20(24)26)12-11-17-9-10-21(27)30-17/h5,9-10,16-20,25-26H,6-8,11-14H2,1-4H3/b15-5+/t16-,17?,18-,19?,20?,23+,24-/m1/s1. The molecule has 3 rings (SSSR count). The van der Waals surface area contributed by atoms with Gasteiger partial charge in [-0.05, 0) is 69.3 Å². The summed E-state index contributed by atoms with van der Waals surface area (Å²) in [5.41, 5.74) is -0.527. The quantitative estimate of drug-likeness (QED) is 0.506. The summed E-state index contributed by atoms with van der Waals surface area (Å²) in [6.07, 6.45) is 7.72. The molecule has 7 atom stereocenters. The van der Waals surface area contributed by atoms with Gasteiger partial charge in [0, 0.05) is 11.6 Å². The Kier molecular flexibility index (Phi) is 6.78. The first-order valence-electron chi connectivity index (χ1n) is 11.2. The molecule has 1 heterocycles. The lowest BCUT2D eigenvalue weighted by molar-refractivity contribution is -0.230. The molecule has 6 heteroatoms. The van der Waals surface area contributed by atoms with Crippen LogP contribution in [0.4, 0.5) is 0 Å². The first-order chi connectivity index (χ1) is 14.1. The monoisotopic (exact) mass is 420 g/mol. The van der Waals surface area contributed by atoms with Gasteiger partial charge in [-0.3, -0.25) is 0 Å². The fourth-order valence-corrected chi connectivity index (χ4v) is 6.01. The van der Waals surface area contributed by atoms with Crippen LogP contribution in [0.3, 0.4) is 0 Å². The van der Waals surface area contributed by atoms with Crippen LogP contribution < -0.4 is 0 Å². The molecule has 0 radical (unpaired) electrons. The number of aliphatic hydroxyl groups is 2. The van der Waals surface area contributed by atoms with Crippen molar-refractivity contribution >= 4 is 11.9 Å². The zero-order valence-electron chi connectivity index (χ0n) is 18.6. The van der Waals surface area contributed by atoms with Crippen molar-refractivity contribution in [2.45, 2.75) is 84.5 Å². The third kappa shape index (κ3) is 3.96. The first-order valence-corrected chi connectivity index (χ1v) is 11.2. The predicted octanol–water partition coefficient (Wildman–Crippen LogP) is 3.31. The highest BCUT2D eigenvalue weighted by Gasteiger charge is 2.62. The number of aliphatic hydroxyl groups excluding tert-OH is 2. The van der Waals surface area contributed by atoms with Gasteiger partial charge in [-0.1, -0.05) is 26.3 Å². The second-order valence-electron chi connectivity index (χ2n) is 9.69. The molecule has 0 aromatic carbocycles. The predicted molar refractivity (Wildman–Crippen MR) is 112 cm³/mol. The molecule has 0 aromatic heterocycles. The number of hydrogen-bond donors (Lipinski definition) is 2. The number of hydrogen-bond acceptors (Lipinski definition) is 6. The van der Waals surface area contributed by atoms with Gasteiger partial charge in [0.1, 0.15) is 12.7 Å².